The normalized spacial score (nSPS) is 22.4. The van der Waals surface area contributed by atoms with Crippen molar-refractivity contribution in [1.29, 1.82) is 0 Å². The number of hydrazine groups is 1. The smallest absolute Gasteiger partial charge is 0.258 e. The summed E-state index contributed by atoms with van der Waals surface area (Å²) in [6.45, 7) is 0.563. The van der Waals surface area contributed by atoms with Crippen LogP contribution in [0.5, 0.6) is 0 Å². The van der Waals surface area contributed by atoms with Crippen LogP contribution in [0.15, 0.2) is 0 Å². The molecule has 1 aliphatic heterocycles. The van der Waals surface area contributed by atoms with Crippen molar-refractivity contribution >= 4 is 17.8 Å². The molecule has 1 atom stereocenters. The van der Waals surface area contributed by atoms with Crippen molar-refractivity contribution < 1.29 is 4.79 Å². The first-order valence-electron chi connectivity index (χ1n) is 4.11. The van der Waals surface area contributed by atoms with Crippen molar-refractivity contribution in [3.8, 4) is 0 Å². The van der Waals surface area contributed by atoms with Crippen LogP contribution in [0.1, 0.15) is 0 Å². The lowest BCUT2D eigenvalue weighted by Gasteiger charge is -2.06. The number of aromatic amines is 1. The summed E-state index contributed by atoms with van der Waals surface area (Å²) in [6, 6.07) is -0.338. The first-order valence-corrected chi connectivity index (χ1v) is 4.11. The standard InChI is InChI=1S/C6H11N7O/c1-13-2-3(4(14)12-13)8-6-9-5(7)10-11-6/h3H,2H2,1H3,(H,12,14)(H4,7,8,9,10,11). The lowest BCUT2D eigenvalue weighted by Crippen LogP contribution is -2.32. The van der Waals surface area contributed by atoms with Crippen molar-refractivity contribution in [2.75, 3.05) is 24.6 Å². The molecule has 0 aromatic carbocycles. The molecule has 8 nitrogen and oxygen atoms in total. The van der Waals surface area contributed by atoms with Crippen LogP contribution in [-0.4, -0.2) is 45.7 Å². The van der Waals surface area contributed by atoms with E-state index in [0.717, 1.165) is 0 Å². The number of amides is 1. The number of likely N-dealkylation sites (N-methyl/N-ethyl adjacent to an activating group) is 1. The van der Waals surface area contributed by atoms with Crippen LogP contribution >= 0.6 is 0 Å². The Balaban J connectivity index is 2.01. The van der Waals surface area contributed by atoms with Crippen LogP contribution < -0.4 is 16.5 Å². The van der Waals surface area contributed by atoms with Crippen LogP contribution in [0, 0.1) is 0 Å². The number of nitrogen functional groups attached to an aromatic ring is 1. The number of rotatable bonds is 2. The third-order valence-corrected chi connectivity index (χ3v) is 1.88. The summed E-state index contributed by atoms with van der Waals surface area (Å²) in [5, 5.41) is 10.8. The minimum absolute atomic E-state index is 0.101. The van der Waals surface area contributed by atoms with Gasteiger partial charge in [-0.25, -0.2) is 10.1 Å². The van der Waals surface area contributed by atoms with Crippen LogP contribution in [0.2, 0.25) is 0 Å². The van der Waals surface area contributed by atoms with Gasteiger partial charge in [-0.3, -0.25) is 10.2 Å². The van der Waals surface area contributed by atoms with Crippen LogP contribution in [-0.2, 0) is 4.79 Å². The molecular formula is C6H11N7O. The number of nitrogens with zero attached hydrogens (tertiary/aromatic N) is 3. The lowest BCUT2D eigenvalue weighted by molar-refractivity contribution is -0.121. The molecule has 1 aromatic rings. The zero-order valence-electron chi connectivity index (χ0n) is 7.61. The summed E-state index contributed by atoms with van der Waals surface area (Å²) in [5.74, 6) is 0.452. The Labute approximate surface area is 79.8 Å². The van der Waals surface area contributed by atoms with E-state index < -0.39 is 0 Å². The third-order valence-electron chi connectivity index (χ3n) is 1.88. The van der Waals surface area contributed by atoms with E-state index in [-0.39, 0.29) is 17.9 Å². The minimum Gasteiger partial charge on any atom is -0.368 e. The van der Waals surface area contributed by atoms with E-state index in [1.54, 1.807) is 12.1 Å². The zero-order chi connectivity index (χ0) is 10.1. The summed E-state index contributed by atoms with van der Waals surface area (Å²) >= 11 is 0. The number of aromatic nitrogens is 3. The Hall–Kier alpha value is -1.83. The largest absolute Gasteiger partial charge is 0.368 e. The number of nitrogens with one attached hydrogen (secondary N) is 3. The highest BCUT2D eigenvalue weighted by Crippen LogP contribution is 2.05. The zero-order valence-corrected chi connectivity index (χ0v) is 7.61. The van der Waals surface area contributed by atoms with Gasteiger partial charge in [0.05, 0.1) is 0 Å². The monoisotopic (exact) mass is 197 g/mol. The maximum atomic E-state index is 11.3. The number of H-pyrrole nitrogens is 1. The minimum atomic E-state index is -0.338. The van der Waals surface area contributed by atoms with E-state index >= 15 is 0 Å². The van der Waals surface area contributed by atoms with E-state index in [9.17, 15) is 4.79 Å². The predicted octanol–water partition coefficient (Wildman–Crippen LogP) is -1.86. The number of anilines is 2. The Kier molecular flexibility index (Phi) is 1.97. The number of carbonyl (C=O) groups is 1. The number of nitrogens with two attached hydrogens (primary N) is 1. The van der Waals surface area contributed by atoms with Gasteiger partial charge >= 0.3 is 0 Å². The van der Waals surface area contributed by atoms with Gasteiger partial charge in [-0.2, -0.15) is 4.98 Å². The van der Waals surface area contributed by atoms with Crippen molar-refractivity contribution in [3.63, 3.8) is 0 Å². The molecular weight excluding hydrogens is 186 g/mol. The fourth-order valence-electron chi connectivity index (χ4n) is 1.27. The Morgan fingerprint density at radius 1 is 1.71 bits per heavy atom. The SMILES string of the molecule is CN1CC(Nc2n[nH]c(N)n2)C(=O)N1. The Morgan fingerprint density at radius 3 is 3.00 bits per heavy atom. The predicted molar refractivity (Wildman–Crippen MR) is 49.0 cm³/mol. The van der Waals surface area contributed by atoms with Gasteiger partial charge in [-0.15, -0.1) is 5.10 Å². The molecule has 1 saturated heterocycles. The quantitative estimate of drug-likeness (QED) is 0.442. The van der Waals surface area contributed by atoms with Gasteiger partial charge in [0.2, 0.25) is 11.9 Å². The van der Waals surface area contributed by atoms with Crippen LogP contribution in [0.3, 0.4) is 0 Å². The average molecular weight is 197 g/mol. The van der Waals surface area contributed by atoms with Crippen molar-refractivity contribution in [2.45, 2.75) is 6.04 Å². The van der Waals surface area contributed by atoms with Gasteiger partial charge < -0.3 is 11.1 Å². The summed E-state index contributed by atoms with van der Waals surface area (Å²) in [6.07, 6.45) is 0. The van der Waals surface area contributed by atoms with E-state index in [4.69, 9.17) is 5.73 Å². The molecule has 1 unspecified atom stereocenters. The van der Waals surface area contributed by atoms with Gasteiger partial charge in [0.15, 0.2) is 0 Å². The van der Waals surface area contributed by atoms with E-state index in [1.807, 2.05) is 0 Å². The molecule has 1 amide bonds. The molecule has 8 heteroatoms. The van der Waals surface area contributed by atoms with Crippen LogP contribution in [0.4, 0.5) is 11.9 Å². The van der Waals surface area contributed by atoms with Crippen LogP contribution in [0.25, 0.3) is 0 Å². The molecule has 5 N–H and O–H groups in total. The fraction of sp³-hybridized carbons (Fsp3) is 0.500. The summed E-state index contributed by atoms with van der Waals surface area (Å²) < 4.78 is 0. The summed E-state index contributed by atoms with van der Waals surface area (Å²) in [4.78, 5) is 15.1. The first-order chi connectivity index (χ1) is 6.65. The molecule has 0 radical (unpaired) electrons. The molecule has 1 aromatic heterocycles. The average Bonchev–Trinajstić information content (AvgIpc) is 2.61. The molecule has 1 aliphatic rings. The Morgan fingerprint density at radius 2 is 2.50 bits per heavy atom. The van der Waals surface area contributed by atoms with Crippen molar-refractivity contribution in [2.24, 2.45) is 0 Å². The topological polar surface area (TPSA) is 112 Å². The van der Waals surface area contributed by atoms with Gasteiger partial charge in [-0.05, 0) is 0 Å². The molecule has 14 heavy (non-hydrogen) atoms. The molecule has 0 saturated carbocycles. The number of hydrogen-bond donors (Lipinski definition) is 4. The second kappa shape index (κ2) is 3.14. The fourth-order valence-corrected chi connectivity index (χ4v) is 1.27. The highest BCUT2D eigenvalue weighted by molar-refractivity contribution is 5.85. The van der Waals surface area contributed by atoms with Crippen molar-refractivity contribution in [1.82, 2.24) is 25.6 Å². The van der Waals surface area contributed by atoms with Gasteiger partial charge in [0.25, 0.3) is 5.91 Å². The van der Waals surface area contributed by atoms with Gasteiger partial charge in [0, 0.05) is 13.6 Å². The lowest BCUT2D eigenvalue weighted by atomic mass is 10.3. The maximum Gasteiger partial charge on any atom is 0.258 e. The molecule has 0 aliphatic carbocycles. The molecule has 0 spiro atoms. The second-order valence-corrected chi connectivity index (χ2v) is 3.10. The van der Waals surface area contributed by atoms with Gasteiger partial charge in [0.1, 0.15) is 6.04 Å². The second-order valence-electron chi connectivity index (χ2n) is 3.10. The first kappa shape index (κ1) is 8.75. The molecule has 2 heterocycles. The molecule has 2 rings (SSSR count). The highest BCUT2D eigenvalue weighted by Gasteiger charge is 2.28. The number of hydrogen-bond acceptors (Lipinski definition) is 6. The molecule has 0 bridgehead atoms. The van der Waals surface area contributed by atoms with E-state index in [2.05, 4.69) is 25.9 Å². The summed E-state index contributed by atoms with van der Waals surface area (Å²) in [5.41, 5.74) is 7.96. The Bertz CT molecular complexity index is 348. The maximum absolute atomic E-state index is 11.3. The van der Waals surface area contributed by atoms with Crippen molar-refractivity contribution in [3.05, 3.63) is 0 Å². The van der Waals surface area contributed by atoms with E-state index in [1.165, 1.54) is 0 Å². The molecule has 1 fully saturated rings. The molecule has 76 valence electrons. The van der Waals surface area contributed by atoms with Gasteiger partial charge in [-0.1, -0.05) is 0 Å². The third kappa shape index (κ3) is 1.59. The van der Waals surface area contributed by atoms with E-state index in [0.29, 0.717) is 12.5 Å². The highest BCUT2D eigenvalue weighted by atomic mass is 16.2. The number of carbonyl (C=O) groups excluding carboxylic acids is 1. The summed E-state index contributed by atoms with van der Waals surface area (Å²) in [7, 11) is 1.78.